The van der Waals surface area contributed by atoms with Gasteiger partial charge in [0.25, 0.3) is 11.6 Å². The van der Waals surface area contributed by atoms with E-state index in [-0.39, 0.29) is 22.1 Å². The van der Waals surface area contributed by atoms with Crippen molar-refractivity contribution in [3.8, 4) is 11.3 Å². The van der Waals surface area contributed by atoms with E-state index in [9.17, 15) is 14.9 Å². The average molecular weight is 373 g/mol. The number of halogens is 1. The number of nitrogens with zero attached hydrogens (tertiary/aromatic N) is 3. The number of aryl methyl sites for hydroxylation is 2. The van der Waals surface area contributed by atoms with Crippen LogP contribution in [0, 0.1) is 24.0 Å². The molecule has 9 heteroatoms. The number of hydrogen-bond donors (Lipinski definition) is 1. The summed E-state index contributed by atoms with van der Waals surface area (Å²) in [6.07, 6.45) is 0. The molecule has 0 saturated heterocycles. The van der Waals surface area contributed by atoms with Gasteiger partial charge in [-0.15, -0.1) is 0 Å². The van der Waals surface area contributed by atoms with Crippen LogP contribution in [-0.2, 0) is 0 Å². The number of anilines is 1. The molecule has 0 radical (unpaired) electrons. The Bertz CT molecular complexity index is 1020. The van der Waals surface area contributed by atoms with Crippen LogP contribution in [-0.4, -0.2) is 21.1 Å². The third-order valence-corrected chi connectivity index (χ3v) is 4.09. The van der Waals surface area contributed by atoms with Crippen molar-refractivity contribution in [1.82, 2.24) is 10.3 Å². The van der Waals surface area contributed by atoms with Gasteiger partial charge in [0.15, 0.2) is 5.69 Å². The van der Waals surface area contributed by atoms with Gasteiger partial charge >= 0.3 is 0 Å². The van der Waals surface area contributed by atoms with Gasteiger partial charge in [-0.1, -0.05) is 29.3 Å². The molecule has 0 bridgehead atoms. The highest BCUT2D eigenvalue weighted by molar-refractivity contribution is 6.32. The predicted octanol–water partition coefficient (Wildman–Crippen LogP) is 4.17. The Morgan fingerprint density at radius 3 is 2.69 bits per heavy atom. The minimum Gasteiger partial charge on any atom is -0.302 e. The topological polar surface area (TPSA) is 111 Å². The fraction of sp³-hybridized carbons (Fsp3) is 0.118. The SMILES string of the molecule is Cc1ccc(C)c(-c2nonc2NC(=O)c2ccc(Cl)c([N+](=O)[O-])c2)c1. The van der Waals surface area contributed by atoms with Crippen molar-refractivity contribution in [2.45, 2.75) is 13.8 Å². The highest BCUT2D eigenvalue weighted by Crippen LogP contribution is 2.29. The van der Waals surface area contributed by atoms with Gasteiger partial charge in [-0.25, -0.2) is 4.63 Å². The Morgan fingerprint density at radius 1 is 1.19 bits per heavy atom. The third kappa shape index (κ3) is 3.40. The van der Waals surface area contributed by atoms with Crippen LogP contribution in [0.4, 0.5) is 11.5 Å². The van der Waals surface area contributed by atoms with Crippen LogP contribution < -0.4 is 5.32 Å². The molecule has 1 aromatic heterocycles. The zero-order valence-corrected chi connectivity index (χ0v) is 14.6. The van der Waals surface area contributed by atoms with Crippen molar-refractivity contribution < 1.29 is 14.3 Å². The van der Waals surface area contributed by atoms with E-state index in [0.717, 1.165) is 22.8 Å². The maximum absolute atomic E-state index is 12.4. The molecule has 1 N–H and O–H groups in total. The van der Waals surface area contributed by atoms with Crippen LogP contribution >= 0.6 is 11.6 Å². The number of benzene rings is 2. The molecule has 0 aliphatic rings. The number of nitro groups is 1. The molecule has 0 saturated carbocycles. The number of hydrogen-bond acceptors (Lipinski definition) is 6. The van der Waals surface area contributed by atoms with Gasteiger partial charge in [0.05, 0.1) is 4.92 Å². The summed E-state index contributed by atoms with van der Waals surface area (Å²) < 4.78 is 4.77. The van der Waals surface area contributed by atoms with E-state index in [1.54, 1.807) is 0 Å². The van der Waals surface area contributed by atoms with E-state index in [1.807, 2.05) is 32.0 Å². The molecule has 132 valence electrons. The minimum absolute atomic E-state index is 0.0503. The van der Waals surface area contributed by atoms with Gasteiger partial charge in [0.1, 0.15) is 5.02 Å². The van der Waals surface area contributed by atoms with Crippen molar-refractivity contribution in [3.05, 3.63) is 68.2 Å². The van der Waals surface area contributed by atoms with Gasteiger partial charge in [0.2, 0.25) is 5.82 Å². The summed E-state index contributed by atoms with van der Waals surface area (Å²) in [5, 5.41) is 21.1. The molecule has 0 fully saturated rings. The van der Waals surface area contributed by atoms with Crippen molar-refractivity contribution in [1.29, 1.82) is 0 Å². The Labute approximate surface area is 152 Å². The van der Waals surface area contributed by atoms with Crippen LogP contribution in [0.25, 0.3) is 11.3 Å². The maximum atomic E-state index is 12.4. The number of nitro benzene ring substituents is 1. The smallest absolute Gasteiger partial charge is 0.288 e. The molecule has 0 aliphatic carbocycles. The number of carbonyl (C=O) groups excluding carboxylic acids is 1. The Hall–Kier alpha value is -3.26. The minimum atomic E-state index is -0.654. The van der Waals surface area contributed by atoms with Crippen LogP contribution in [0.2, 0.25) is 5.02 Å². The molecule has 1 amide bonds. The summed E-state index contributed by atoms with van der Waals surface area (Å²) in [5.74, 6) is -0.465. The van der Waals surface area contributed by atoms with Crippen molar-refractivity contribution in [3.63, 3.8) is 0 Å². The molecule has 0 spiro atoms. The Kier molecular flexibility index (Phi) is 4.68. The van der Waals surface area contributed by atoms with Crippen molar-refractivity contribution >= 4 is 29.0 Å². The highest BCUT2D eigenvalue weighted by atomic mass is 35.5. The summed E-state index contributed by atoms with van der Waals surface area (Å²) in [4.78, 5) is 22.8. The molecule has 8 nitrogen and oxygen atoms in total. The van der Waals surface area contributed by atoms with Crippen LogP contribution in [0.1, 0.15) is 21.5 Å². The van der Waals surface area contributed by atoms with E-state index in [4.69, 9.17) is 16.2 Å². The van der Waals surface area contributed by atoms with Crippen LogP contribution in [0.15, 0.2) is 41.0 Å². The van der Waals surface area contributed by atoms with Gasteiger partial charge in [-0.05, 0) is 47.9 Å². The Morgan fingerprint density at radius 2 is 1.96 bits per heavy atom. The number of aromatic nitrogens is 2. The molecule has 1 heterocycles. The first-order valence-electron chi connectivity index (χ1n) is 7.52. The van der Waals surface area contributed by atoms with E-state index in [2.05, 4.69) is 15.6 Å². The lowest BCUT2D eigenvalue weighted by molar-refractivity contribution is -0.384. The number of amides is 1. The fourth-order valence-corrected chi connectivity index (χ4v) is 2.60. The molecule has 0 unspecified atom stereocenters. The maximum Gasteiger partial charge on any atom is 0.288 e. The molecule has 0 aliphatic heterocycles. The molecule has 3 rings (SSSR count). The number of rotatable bonds is 4. The van der Waals surface area contributed by atoms with E-state index < -0.39 is 10.8 Å². The zero-order chi connectivity index (χ0) is 18.8. The Balaban J connectivity index is 1.93. The quantitative estimate of drug-likeness (QED) is 0.543. The lowest BCUT2D eigenvalue weighted by Gasteiger charge is -2.07. The van der Waals surface area contributed by atoms with Crippen LogP contribution in [0.3, 0.4) is 0 Å². The molecule has 3 aromatic rings. The first kappa shape index (κ1) is 17.6. The summed E-state index contributed by atoms with van der Waals surface area (Å²) >= 11 is 5.77. The molecule has 2 aromatic carbocycles. The second-order valence-electron chi connectivity index (χ2n) is 5.66. The fourth-order valence-electron chi connectivity index (χ4n) is 2.41. The van der Waals surface area contributed by atoms with Crippen LogP contribution in [0.5, 0.6) is 0 Å². The second kappa shape index (κ2) is 6.93. The summed E-state index contributed by atoms with van der Waals surface area (Å²) in [5.41, 5.74) is 2.80. The predicted molar refractivity (Wildman–Crippen MR) is 95.3 cm³/mol. The van der Waals surface area contributed by atoms with E-state index in [0.29, 0.717) is 5.69 Å². The van der Waals surface area contributed by atoms with Crippen molar-refractivity contribution in [2.24, 2.45) is 0 Å². The average Bonchev–Trinajstić information content (AvgIpc) is 3.05. The molecule has 26 heavy (non-hydrogen) atoms. The normalized spacial score (nSPS) is 10.6. The summed E-state index contributed by atoms with van der Waals surface area (Å²) in [6, 6.07) is 9.56. The number of carbonyl (C=O) groups is 1. The first-order chi connectivity index (χ1) is 12.4. The molecular weight excluding hydrogens is 360 g/mol. The standard InChI is InChI=1S/C17H13ClN4O4/c1-9-3-4-10(2)12(7-9)15-16(21-26-20-15)19-17(23)11-5-6-13(18)14(8-11)22(24)25/h3-8H,1-2H3,(H,19,21,23). The summed E-state index contributed by atoms with van der Waals surface area (Å²) in [7, 11) is 0. The lowest BCUT2D eigenvalue weighted by atomic mass is 10.0. The van der Waals surface area contributed by atoms with Crippen molar-refractivity contribution in [2.75, 3.05) is 5.32 Å². The van der Waals surface area contributed by atoms with Gasteiger partial charge in [-0.3, -0.25) is 14.9 Å². The molecule has 0 atom stereocenters. The van der Waals surface area contributed by atoms with Gasteiger partial charge in [0, 0.05) is 17.2 Å². The highest BCUT2D eigenvalue weighted by Gasteiger charge is 2.20. The monoisotopic (exact) mass is 372 g/mol. The first-order valence-corrected chi connectivity index (χ1v) is 7.90. The van der Waals surface area contributed by atoms with Gasteiger partial charge in [-0.2, -0.15) is 0 Å². The summed E-state index contributed by atoms with van der Waals surface area (Å²) in [6.45, 7) is 3.83. The third-order valence-electron chi connectivity index (χ3n) is 3.77. The largest absolute Gasteiger partial charge is 0.302 e. The molecular formula is C17H13ClN4O4. The lowest BCUT2D eigenvalue weighted by Crippen LogP contribution is -2.13. The second-order valence-corrected chi connectivity index (χ2v) is 6.06. The van der Waals surface area contributed by atoms with Gasteiger partial charge < -0.3 is 5.32 Å². The van der Waals surface area contributed by atoms with E-state index in [1.165, 1.54) is 12.1 Å². The van der Waals surface area contributed by atoms with E-state index >= 15 is 0 Å². The number of nitrogens with one attached hydrogen (secondary N) is 1. The zero-order valence-electron chi connectivity index (χ0n) is 13.8.